The third kappa shape index (κ3) is 1.05. The molecule has 1 heterocycles. The summed E-state index contributed by atoms with van der Waals surface area (Å²) in [7, 11) is 0. The van der Waals surface area contributed by atoms with E-state index in [1.165, 1.54) is 0 Å². The van der Waals surface area contributed by atoms with Crippen molar-refractivity contribution in [3.05, 3.63) is 30.0 Å². The van der Waals surface area contributed by atoms with Crippen molar-refractivity contribution in [3.8, 4) is 0 Å². The standard InChI is InChI=1S/C8H5NO2Se/c10-8(11)5-2-1-3-7-6(5)4-9-12-7/h1-4H,(H,10,11). The van der Waals surface area contributed by atoms with E-state index in [1.54, 1.807) is 18.3 Å². The number of carboxylic acids is 1. The van der Waals surface area contributed by atoms with Crippen molar-refractivity contribution in [2.45, 2.75) is 0 Å². The van der Waals surface area contributed by atoms with Crippen molar-refractivity contribution in [2.75, 3.05) is 0 Å². The Morgan fingerprint density at radius 1 is 1.50 bits per heavy atom. The van der Waals surface area contributed by atoms with Crippen LogP contribution in [0, 0.1) is 0 Å². The van der Waals surface area contributed by atoms with Gasteiger partial charge in [-0.3, -0.25) is 0 Å². The number of nitrogens with zero attached hydrogens (tertiary/aromatic N) is 1. The Labute approximate surface area is 74.6 Å². The summed E-state index contributed by atoms with van der Waals surface area (Å²) in [6.07, 6.45) is 1.65. The third-order valence-electron chi connectivity index (χ3n) is 1.63. The number of carbonyl (C=O) groups is 1. The number of hydrogen-bond acceptors (Lipinski definition) is 2. The van der Waals surface area contributed by atoms with Gasteiger partial charge in [0, 0.05) is 0 Å². The van der Waals surface area contributed by atoms with Gasteiger partial charge < -0.3 is 0 Å². The van der Waals surface area contributed by atoms with E-state index < -0.39 is 5.97 Å². The molecule has 0 aliphatic carbocycles. The molecule has 0 radical (unpaired) electrons. The average molecular weight is 226 g/mol. The first-order valence-electron chi connectivity index (χ1n) is 3.36. The molecule has 2 rings (SSSR count). The molecule has 0 aliphatic rings. The maximum absolute atomic E-state index is 10.7. The van der Waals surface area contributed by atoms with Gasteiger partial charge in [-0.2, -0.15) is 0 Å². The maximum atomic E-state index is 10.7. The van der Waals surface area contributed by atoms with Crippen molar-refractivity contribution >= 4 is 30.3 Å². The van der Waals surface area contributed by atoms with Gasteiger partial charge in [-0.05, 0) is 0 Å². The zero-order chi connectivity index (χ0) is 8.55. The molecule has 0 amide bonds. The number of aromatic carboxylic acids is 1. The van der Waals surface area contributed by atoms with E-state index >= 15 is 0 Å². The normalized spacial score (nSPS) is 10.3. The number of hydrogen-bond donors (Lipinski definition) is 1. The molecule has 0 spiro atoms. The van der Waals surface area contributed by atoms with E-state index in [2.05, 4.69) is 3.98 Å². The van der Waals surface area contributed by atoms with Gasteiger partial charge in [-0.15, -0.1) is 0 Å². The van der Waals surface area contributed by atoms with Gasteiger partial charge in [0.25, 0.3) is 0 Å². The summed E-state index contributed by atoms with van der Waals surface area (Å²) < 4.78 is 5.13. The molecule has 0 aliphatic heterocycles. The van der Waals surface area contributed by atoms with Crippen LogP contribution in [-0.2, 0) is 0 Å². The van der Waals surface area contributed by atoms with Crippen LogP contribution in [0.2, 0.25) is 0 Å². The number of aromatic nitrogens is 1. The molecule has 1 aromatic carbocycles. The van der Waals surface area contributed by atoms with Crippen molar-refractivity contribution in [1.82, 2.24) is 3.98 Å². The summed E-state index contributed by atoms with van der Waals surface area (Å²) in [6.45, 7) is 0. The molecule has 12 heavy (non-hydrogen) atoms. The minimum absolute atomic E-state index is 0.0841. The van der Waals surface area contributed by atoms with Crippen LogP contribution in [0.3, 0.4) is 0 Å². The number of fused-ring (bicyclic) bond motifs is 1. The Bertz CT molecular complexity index is 435. The predicted molar refractivity (Wildman–Crippen MR) is 45.6 cm³/mol. The second-order valence-corrected chi connectivity index (χ2v) is 4.10. The van der Waals surface area contributed by atoms with Crippen LogP contribution in [0.1, 0.15) is 10.4 Å². The van der Waals surface area contributed by atoms with Gasteiger partial charge >= 0.3 is 74.2 Å². The van der Waals surface area contributed by atoms with Crippen LogP contribution < -0.4 is 0 Å². The Balaban J connectivity index is 2.82. The predicted octanol–water partition coefficient (Wildman–Crippen LogP) is 0.990. The fourth-order valence-electron chi connectivity index (χ4n) is 1.08. The number of benzene rings is 1. The van der Waals surface area contributed by atoms with Crippen molar-refractivity contribution in [1.29, 1.82) is 0 Å². The summed E-state index contributed by atoms with van der Waals surface area (Å²) in [4.78, 5) is 10.7. The molecule has 3 nitrogen and oxygen atoms in total. The van der Waals surface area contributed by atoms with Gasteiger partial charge in [0.1, 0.15) is 0 Å². The number of carboxylic acid groups (broad SMARTS) is 1. The van der Waals surface area contributed by atoms with Crippen LogP contribution in [0.4, 0.5) is 0 Å². The summed E-state index contributed by atoms with van der Waals surface area (Å²) in [5, 5.41) is 9.58. The van der Waals surface area contributed by atoms with Gasteiger partial charge in [0.15, 0.2) is 0 Å². The minimum atomic E-state index is -0.879. The molecule has 0 atom stereocenters. The zero-order valence-corrected chi connectivity index (χ0v) is 7.73. The Kier molecular flexibility index (Phi) is 1.71. The molecule has 60 valence electrons. The Hall–Kier alpha value is -1.12. The molecular weight excluding hydrogens is 221 g/mol. The van der Waals surface area contributed by atoms with Crippen LogP contribution in [0.25, 0.3) is 9.65 Å². The number of rotatable bonds is 1. The molecule has 0 saturated heterocycles. The first-order chi connectivity index (χ1) is 5.79. The molecule has 0 fully saturated rings. The van der Waals surface area contributed by atoms with E-state index in [1.807, 2.05) is 6.07 Å². The van der Waals surface area contributed by atoms with E-state index in [-0.39, 0.29) is 14.7 Å². The fraction of sp³-hybridized carbons (Fsp3) is 0. The molecule has 2 aromatic rings. The summed E-state index contributed by atoms with van der Waals surface area (Å²) in [5.41, 5.74) is 0.357. The Morgan fingerprint density at radius 2 is 2.33 bits per heavy atom. The summed E-state index contributed by atoms with van der Waals surface area (Å²) in [5.74, 6) is -0.879. The van der Waals surface area contributed by atoms with Crippen LogP contribution >= 0.6 is 0 Å². The van der Waals surface area contributed by atoms with Gasteiger partial charge in [-0.1, -0.05) is 0 Å². The van der Waals surface area contributed by atoms with Gasteiger partial charge in [0.05, 0.1) is 0 Å². The van der Waals surface area contributed by atoms with Crippen LogP contribution in [-0.4, -0.2) is 29.8 Å². The third-order valence-corrected chi connectivity index (χ3v) is 3.23. The molecule has 1 N–H and O–H groups in total. The van der Waals surface area contributed by atoms with Crippen molar-refractivity contribution in [3.63, 3.8) is 0 Å². The molecule has 1 aromatic heterocycles. The molecule has 4 heteroatoms. The van der Waals surface area contributed by atoms with Crippen molar-refractivity contribution in [2.24, 2.45) is 0 Å². The second-order valence-electron chi connectivity index (χ2n) is 2.35. The van der Waals surface area contributed by atoms with E-state index in [4.69, 9.17) is 5.11 Å². The van der Waals surface area contributed by atoms with Crippen LogP contribution in [0.15, 0.2) is 24.4 Å². The monoisotopic (exact) mass is 227 g/mol. The van der Waals surface area contributed by atoms with Gasteiger partial charge in [0.2, 0.25) is 0 Å². The summed E-state index contributed by atoms with van der Waals surface area (Å²) in [6, 6.07) is 5.29. The van der Waals surface area contributed by atoms with E-state index in [0.717, 1.165) is 9.65 Å². The topological polar surface area (TPSA) is 50.2 Å². The fourth-order valence-corrected chi connectivity index (χ4v) is 2.49. The quantitative estimate of drug-likeness (QED) is 0.737. The first-order valence-corrected chi connectivity index (χ1v) is 4.98. The Morgan fingerprint density at radius 3 is 3.08 bits per heavy atom. The first kappa shape index (κ1) is 7.52. The molecule has 0 saturated carbocycles. The van der Waals surface area contributed by atoms with Gasteiger partial charge in [-0.25, -0.2) is 0 Å². The molecule has 0 unspecified atom stereocenters. The average Bonchev–Trinajstić information content (AvgIpc) is 2.49. The molecule has 0 bridgehead atoms. The molecular formula is C8H5NO2Se. The summed E-state index contributed by atoms with van der Waals surface area (Å²) >= 11 is 0.0841. The van der Waals surface area contributed by atoms with Crippen LogP contribution in [0.5, 0.6) is 0 Å². The van der Waals surface area contributed by atoms with E-state index in [9.17, 15) is 4.79 Å². The SMILES string of the molecule is O=C(O)c1cccc2[se]ncc12. The van der Waals surface area contributed by atoms with Crippen molar-refractivity contribution < 1.29 is 9.90 Å². The zero-order valence-electron chi connectivity index (χ0n) is 6.02. The van der Waals surface area contributed by atoms with E-state index in [0.29, 0.717) is 5.56 Å². The second kappa shape index (κ2) is 2.73.